The van der Waals surface area contributed by atoms with E-state index in [1.165, 1.54) is 25.8 Å². The van der Waals surface area contributed by atoms with Crippen LogP contribution in [0.5, 0.6) is 0 Å². The lowest BCUT2D eigenvalue weighted by Crippen LogP contribution is -2.53. The normalized spacial score (nSPS) is 51.1. The number of fused-ring (bicyclic) bond motifs is 1. The van der Waals surface area contributed by atoms with E-state index >= 15 is 0 Å². The van der Waals surface area contributed by atoms with Crippen LogP contribution in [0.1, 0.15) is 38.5 Å². The molecule has 1 spiro atoms. The summed E-state index contributed by atoms with van der Waals surface area (Å²) < 4.78 is 0. The molecule has 1 N–H and O–H groups in total. The zero-order chi connectivity index (χ0) is 10.3. The van der Waals surface area contributed by atoms with E-state index in [0.29, 0.717) is 0 Å². The first-order valence-electron chi connectivity index (χ1n) is 7.31. The highest BCUT2D eigenvalue weighted by Gasteiger charge is 2.61. The van der Waals surface area contributed by atoms with Crippen molar-refractivity contribution in [2.45, 2.75) is 38.5 Å². The molecule has 1 heteroatoms. The molecule has 0 aromatic carbocycles. The number of rotatable bonds is 1. The van der Waals surface area contributed by atoms with E-state index in [9.17, 15) is 0 Å². The van der Waals surface area contributed by atoms with Gasteiger partial charge in [-0.25, -0.2) is 0 Å². The van der Waals surface area contributed by atoms with Crippen molar-refractivity contribution in [2.75, 3.05) is 6.54 Å². The second-order valence-corrected chi connectivity index (χ2v) is 7.20. The lowest BCUT2D eigenvalue weighted by Gasteiger charge is -2.55. The van der Waals surface area contributed by atoms with Gasteiger partial charge in [-0.15, -0.1) is 0 Å². The molecule has 0 amide bonds. The molecular formula is C15H21N. The van der Waals surface area contributed by atoms with Gasteiger partial charge >= 0.3 is 0 Å². The fourth-order valence-electron chi connectivity index (χ4n) is 5.08. The van der Waals surface area contributed by atoms with E-state index in [2.05, 4.69) is 11.4 Å². The standard InChI is InChI=1S/C15H21N/c1-2-9(1)10-5-11-7-13-14(11)12(6-10)15(3-4-15)8-16-13/h7,9-12,14,16H,1-6,8H2. The minimum atomic E-state index is 0.772. The van der Waals surface area contributed by atoms with Gasteiger partial charge in [0.15, 0.2) is 0 Å². The predicted octanol–water partition coefficient (Wildman–Crippen LogP) is 2.94. The third-order valence-electron chi connectivity index (χ3n) is 6.39. The summed E-state index contributed by atoms with van der Waals surface area (Å²) in [5, 5.41) is 3.72. The van der Waals surface area contributed by atoms with Crippen LogP contribution < -0.4 is 5.32 Å². The van der Waals surface area contributed by atoms with Gasteiger partial charge in [0.05, 0.1) is 0 Å². The zero-order valence-electron chi connectivity index (χ0n) is 9.91. The maximum absolute atomic E-state index is 3.72. The Morgan fingerprint density at radius 2 is 2.00 bits per heavy atom. The molecule has 16 heavy (non-hydrogen) atoms. The summed E-state index contributed by atoms with van der Waals surface area (Å²) in [7, 11) is 0. The molecule has 4 unspecified atom stereocenters. The van der Waals surface area contributed by atoms with Crippen LogP contribution in [0.15, 0.2) is 11.8 Å². The van der Waals surface area contributed by atoms with Crippen LogP contribution in [0, 0.1) is 35.0 Å². The van der Waals surface area contributed by atoms with Gasteiger partial charge in [0, 0.05) is 18.2 Å². The molecule has 1 nitrogen and oxygen atoms in total. The lowest BCUT2D eigenvalue weighted by molar-refractivity contribution is 0.0374. The Bertz CT molecular complexity index is 375. The third-order valence-corrected chi connectivity index (χ3v) is 6.39. The van der Waals surface area contributed by atoms with Crippen LogP contribution >= 0.6 is 0 Å². The second kappa shape index (κ2) is 2.52. The molecule has 86 valence electrons. The first-order chi connectivity index (χ1) is 7.86. The van der Waals surface area contributed by atoms with Gasteiger partial charge < -0.3 is 5.32 Å². The SMILES string of the molecule is C1=C2NCC3(CC3)C3CC(C4CC4)CC1C23. The minimum absolute atomic E-state index is 0.772. The highest BCUT2D eigenvalue weighted by molar-refractivity contribution is 5.30. The monoisotopic (exact) mass is 215 g/mol. The van der Waals surface area contributed by atoms with E-state index < -0.39 is 0 Å². The predicted molar refractivity (Wildman–Crippen MR) is 63.7 cm³/mol. The first kappa shape index (κ1) is 8.60. The molecule has 0 radical (unpaired) electrons. The molecule has 5 rings (SSSR count). The summed E-state index contributed by atoms with van der Waals surface area (Å²) in [4.78, 5) is 0. The Kier molecular flexibility index (Phi) is 1.35. The Balaban J connectivity index is 1.51. The van der Waals surface area contributed by atoms with Gasteiger partial charge in [-0.3, -0.25) is 0 Å². The number of piperidine rings is 1. The Hall–Kier alpha value is -0.460. The molecule has 3 saturated carbocycles. The van der Waals surface area contributed by atoms with Gasteiger partial charge in [0.2, 0.25) is 0 Å². The van der Waals surface area contributed by atoms with Gasteiger partial charge in [0.25, 0.3) is 0 Å². The average Bonchev–Trinajstić information content (AvgIpc) is 3.12. The molecule has 4 fully saturated rings. The topological polar surface area (TPSA) is 12.0 Å². The van der Waals surface area contributed by atoms with E-state index in [4.69, 9.17) is 0 Å². The number of allylic oxidation sites excluding steroid dienone is 2. The Morgan fingerprint density at radius 1 is 1.12 bits per heavy atom. The van der Waals surface area contributed by atoms with Crippen LogP contribution in [0.25, 0.3) is 0 Å². The molecule has 0 aromatic heterocycles. The van der Waals surface area contributed by atoms with Crippen molar-refractivity contribution in [3.8, 4) is 0 Å². The van der Waals surface area contributed by atoms with E-state index in [1.54, 1.807) is 25.0 Å². The van der Waals surface area contributed by atoms with E-state index in [1.807, 2.05) is 0 Å². The van der Waals surface area contributed by atoms with Crippen molar-refractivity contribution in [1.29, 1.82) is 0 Å². The number of nitrogens with one attached hydrogen (secondary N) is 1. The molecule has 4 atom stereocenters. The van der Waals surface area contributed by atoms with Crippen molar-refractivity contribution in [1.82, 2.24) is 5.32 Å². The van der Waals surface area contributed by atoms with E-state index in [0.717, 1.165) is 35.0 Å². The summed E-state index contributed by atoms with van der Waals surface area (Å²) in [6.45, 7) is 1.31. The fraction of sp³-hybridized carbons (Fsp3) is 0.867. The first-order valence-corrected chi connectivity index (χ1v) is 7.31. The molecule has 1 saturated heterocycles. The zero-order valence-corrected chi connectivity index (χ0v) is 9.91. The number of hydrogen-bond acceptors (Lipinski definition) is 1. The molecule has 1 heterocycles. The molecule has 0 bridgehead atoms. The van der Waals surface area contributed by atoms with Crippen LogP contribution in [-0.2, 0) is 0 Å². The van der Waals surface area contributed by atoms with Crippen LogP contribution in [0.3, 0.4) is 0 Å². The maximum Gasteiger partial charge on any atom is 0.0203 e. The average molecular weight is 215 g/mol. The summed E-state index contributed by atoms with van der Waals surface area (Å²) in [5.74, 6) is 5.29. The second-order valence-electron chi connectivity index (χ2n) is 7.20. The molecule has 0 aromatic rings. The molecule has 5 aliphatic rings. The fourth-order valence-corrected chi connectivity index (χ4v) is 5.08. The van der Waals surface area contributed by atoms with Gasteiger partial charge in [-0.05, 0) is 67.6 Å². The maximum atomic E-state index is 3.72. The largest absolute Gasteiger partial charge is 0.388 e. The molecule has 4 aliphatic carbocycles. The summed E-state index contributed by atoms with van der Waals surface area (Å²) in [6, 6.07) is 0. The van der Waals surface area contributed by atoms with Crippen LogP contribution in [0.4, 0.5) is 0 Å². The molecular weight excluding hydrogens is 194 g/mol. The quantitative estimate of drug-likeness (QED) is 0.709. The molecule has 1 aliphatic heterocycles. The van der Waals surface area contributed by atoms with Crippen molar-refractivity contribution in [3.05, 3.63) is 11.8 Å². The smallest absolute Gasteiger partial charge is 0.0203 e. The summed E-state index contributed by atoms with van der Waals surface area (Å²) in [5.41, 5.74) is 2.41. The third kappa shape index (κ3) is 0.942. The van der Waals surface area contributed by atoms with Crippen molar-refractivity contribution in [2.24, 2.45) is 35.0 Å². The number of hydrogen-bond donors (Lipinski definition) is 1. The van der Waals surface area contributed by atoms with Crippen molar-refractivity contribution >= 4 is 0 Å². The van der Waals surface area contributed by atoms with Crippen LogP contribution in [0.2, 0.25) is 0 Å². The highest BCUT2D eigenvalue weighted by Crippen LogP contribution is 2.66. The van der Waals surface area contributed by atoms with E-state index in [-0.39, 0.29) is 0 Å². The van der Waals surface area contributed by atoms with Gasteiger partial charge in [-0.1, -0.05) is 6.08 Å². The van der Waals surface area contributed by atoms with Gasteiger partial charge in [0.1, 0.15) is 0 Å². The minimum Gasteiger partial charge on any atom is -0.388 e. The highest BCUT2D eigenvalue weighted by atomic mass is 15.0. The Labute approximate surface area is 97.7 Å². The summed E-state index contributed by atoms with van der Waals surface area (Å²) in [6.07, 6.45) is 11.9. The van der Waals surface area contributed by atoms with Crippen LogP contribution in [-0.4, -0.2) is 6.54 Å². The lowest BCUT2D eigenvalue weighted by atomic mass is 9.54. The Morgan fingerprint density at radius 3 is 2.75 bits per heavy atom. The summed E-state index contributed by atoms with van der Waals surface area (Å²) >= 11 is 0. The van der Waals surface area contributed by atoms with Crippen molar-refractivity contribution < 1.29 is 0 Å². The van der Waals surface area contributed by atoms with Crippen molar-refractivity contribution in [3.63, 3.8) is 0 Å². The van der Waals surface area contributed by atoms with Gasteiger partial charge in [-0.2, -0.15) is 0 Å².